The third kappa shape index (κ3) is 4.59. The summed E-state index contributed by atoms with van der Waals surface area (Å²) in [6.07, 6.45) is 0.905. The fraction of sp³-hybridized carbons (Fsp3) is 0.308. The molecule has 0 saturated carbocycles. The number of benzene rings is 2. The van der Waals surface area contributed by atoms with Crippen LogP contribution >= 0.6 is 22.7 Å². The van der Waals surface area contributed by atoms with Crippen LogP contribution in [0.15, 0.2) is 53.4 Å². The number of amides is 1. The lowest BCUT2D eigenvalue weighted by Crippen LogP contribution is -2.35. The monoisotopic (exact) mass is 540 g/mol. The molecule has 7 nitrogen and oxygen atoms in total. The van der Waals surface area contributed by atoms with E-state index in [-0.39, 0.29) is 10.8 Å². The van der Waals surface area contributed by atoms with E-state index >= 15 is 0 Å². The Balaban J connectivity index is 1.51. The lowest BCUT2D eigenvalue weighted by molar-refractivity contribution is 0.102. The zero-order valence-corrected chi connectivity index (χ0v) is 23.1. The highest BCUT2D eigenvalue weighted by Crippen LogP contribution is 2.46. The Bertz CT molecular complexity index is 1500. The van der Waals surface area contributed by atoms with Gasteiger partial charge < -0.3 is 5.32 Å². The van der Waals surface area contributed by atoms with Crippen LogP contribution in [0, 0.1) is 0 Å². The van der Waals surface area contributed by atoms with Crippen LogP contribution < -0.4 is 5.32 Å². The number of sulfonamides is 1. The summed E-state index contributed by atoms with van der Waals surface area (Å²) in [7, 11) is -0.587. The highest BCUT2D eigenvalue weighted by Gasteiger charge is 2.29. The highest BCUT2D eigenvalue weighted by molar-refractivity contribution is 7.89. The second-order valence-corrected chi connectivity index (χ2v) is 13.6. The first-order chi connectivity index (χ1) is 17.1. The first-order valence-corrected chi connectivity index (χ1v) is 14.8. The van der Waals surface area contributed by atoms with Crippen molar-refractivity contribution in [3.63, 3.8) is 0 Å². The van der Waals surface area contributed by atoms with Gasteiger partial charge in [0.05, 0.1) is 15.1 Å². The number of para-hydroxylation sites is 1. The molecule has 0 bridgehead atoms. The molecule has 3 heterocycles. The number of carbonyl (C=O) groups excluding carboxylic acids is 1. The molecule has 0 saturated heterocycles. The Morgan fingerprint density at radius 1 is 1.08 bits per heavy atom. The van der Waals surface area contributed by atoms with E-state index < -0.39 is 10.0 Å². The minimum Gasteiger partial charge on any atom is -0.313 e. The minimum absolute atomic E-state index is 0.152. The molecule has 36 heavy (non-hydrogen) atoms. The van der Waals surface area contributed by atoms with Gasteiger partial charge in [-0.2, -0.15) is 0 Å². The summed E-state index contributed by atoms with van der Waals surface area (Å²) in [5.74, 6) is -0.273. The van der Waals surface area contributed by atoms with Gasteiger partial charge in [-0.15, -0.1) is 22.7 Å². The molecule has 0 unspecified atom stereocenters. The molecule has 1 amide bonds. The van der Waals surface area contributed by atoms with Crippen LogP contribution in [0.25, 0.3) is 20.8 Å². The van der Waals surface area contributed by atoms with Gasteiger partial charge >= 0.3 is 0 Å². The average Bonchev–Trinajstić information content (AvgIpc) is 3.43. The third-order valence-electron chi connectivity index (χ3n) is 6.45. The van der Waals surface area contributed by atoms with Crippen molar-refractivity contribution in [3.8, 4) is 10.6 Å². The van der Waals surface area contributed by atoms with Crippen molar-refractivity contribution in [2.45, 2.75) is 37.8 Å². The number of rotatable bonds is 6. The largest absolute Gasteiger partial charge is 0.313 e. The summed E-state index contributed by atoms with van der Waals surface area (Å²) >= 11 is 3.25. The van der Waals surface area contributed by atoms with Crippen molar-refractivity contribution in [2.75, 3.05) is 26.0 Å². The summed E-state index contributed by atoms with van der Waals surface area (Å²) in [5.41, 5.74) is 3.63. The van der Waals surface area contributed by atoms with Crippen LogP contribution in [-0.4, -0.2) is 55.2 Å². The quantitative estimate of drug-likeness (QED) is 0.359. The van der Waals surface area contributed by atoms with E-state index in [2.05, 4.69) is 30.1 Å². The lowest BCUT2D eigenvalue weighted by atomic mass is 10.0. The molecular formula is C26H28N4O3S3. The Hall–Kier alpha value is -2.63. The topological polar surface area (TPSA) is 82.6 Å². The van der Waals surface area contributed by atoms with Gasteiger partial charge in [-0.05, 0) is 62.2 Å². The van der Waals surface area contributed by atoms with Gasteiger partial charge in [0.1, 0.15) is 10.0 Å². The molecule has 0 spiro atoms. The van der Waals surface area contributed by atoms with Crippen LogP contribution in [-0.2, 0) is 23.0 Å². The van der Waals surface area contributed by atoms with Crippen LogP contribution in [0.1, 0.15) is 34.6 Å². The first kappa shape index (κ1) is 25.0. The van der Waals surface area contributed by atoms with E-state index in [4.69, 9.17) is 4.98 Å². The van der Waals surface area contributed by atoms with Crippen molar-refractivity contribution in [2.24, 2.45) is 0 Å². The van der Waals surface area contributed by atoms with Crippen molar-refractivity contribution in [3.05, 3.63) is 64.5 Å². The van der Waals surface area contributed by atoms with Crippen molar-refractivity contribution in [1.82, 2.24) is 14.2 Å². The van der Waals surface area contributed by atoms with Crippen LogP contribution in [0.4, 0.5) is 5.00 Å². The van der Waals surface area contributed by atoms with Gasteiger partial charge in [-0.3, -0.25) is 9.69 Å². The number of carbonyl (C=O) groups is 1. The maximum atomic E-state index is 13.3. The predicted molar refractivity (Wildman–Crippen MR) is 147 cm³/mol. The highest BCUT2D eigenvalue weighted by atomic mass is 32.2. The number of aromatic nitrogens is 1. The zero-order chi connectivity index (χ0) is 25.6. The predicted octanol–water partition coefficient (Wildman–Crippen LogP) is 5.29. The van der Waals surface area contributed by atoms with Crippen molar-refractivity contribution >= 4 is 53.8 Å². The standard InChI is InChI=1S/C26H28N4O3S3/c1-16(2)30-14-13-19-22(15-30)35-26(23(19)25-27-20-7-5-6-8-21(20)34-25)28-24(31)17-9-11-18(12-10-17)36(32,33)29(3)4/h5-12,16H,13-15H2,1-4H3,(H,28,31). The van der Waals surface area contributed by atoms with Gasteiger partial charge in [0, 0.05) is 49.2 Å². The van der Waals surface area contributed by atoms with Crippen LogP contribution in [0.3, 0.4) is 0 Å². The minimum atomic E-state index is -3.56. The normalized spacial score (nSPS) is 14.5. The molecule has 1 N–H and O–H groups in total. The number of fused-ring (bicyclic) bond motifs is 2. The maximum absolute atomic E-state index is 13.3. The van der Waals surface area contributed by atoms with Gasteiger partial charge in [-0.1, -0.05) is 12.1 Å². The average molecular weight is 541 g/mol. The van der Waals surface area contributed by atoms with Gasteiger partial charge in [0.15, 0.2) is 0 Å². The smallest absolute Gasteiger partial charge is 0.256 e. The number of nitrogens with zero attached hydrogens (tertiary/aromatic N) is 3. The molecule has 10 heteroatoms. The Labute approximate surface area is 219 Å². The Morgan fingerprint density at radius 2 is 1.81 bits per heavy atom. The summed E-state index contributed by atoms with van der Waals surface area (Å²) in [6, 6.07) is 14.6. The molecule has 0 fully saturated rings. The number of nitrogens with one attached hydrogen (secondary N) is 1. The molecule has 5 rings (SSSR count). The molecule has 0 radical (unpaired) electrons. The second kappa shape index (κ2) is 9.68. The van der Waals surface area contributed by atoms with Crippen molar-refractivity contribution in [1.29, 1.82) is 0 Å². The van der Waals surface area contributed by atoms with E-state index in [1.54, 1.807) is 34.8 Å². The second-order valence-electron chi connectivity index (χ2n) is 9.27. The summed E-state index contributed by atoms with van der Waals surface area (Å²) in [4.78, 5) is 22.0. The van der Waals surface area contributed by atoms with Gasteiger partial charge in [-0.25, -0.2) is 17.7 Å². The van der Waals surface area contributed by atoms with Crippen LogP contribution in [0.2, 0.25) is 0 Å². The number of thiophene rings is 1. The van der Waals surface area contributed by atoms with E-state index in [0.29, 0.717) is 11.6 Å². The summed E-state index contributed by atoms with van der Waals surface area (Å²) < 4.78 is 27.0. The van der Waals surface area contributed by atoms with E-state index in [0.717, 1.165) is 49.6 Å². The van der Waals surface area contributed by atoms with Gasteiger partial charge in [0.2, 0.25) is 10.0 Å². The number of anilines is 1. The third-order valence-corrected chi connectivity index (χ3v) is 10.5. The first-order valence-electron chi connectivity index (χ1n) is 11.7. The number of hydrogen-bond acceptors (Lipinski definition) is 7. The molecule has 0 aliphatic carbocycles. The van der Waals surface area contributed by atoms with Gasteiger partial charge in [0.25, 0.3) is 5.91 Å². The molecule has 4 aromatic rings. The zero-order valence-electron chi connectivity index (χ0n) is 20.6. The number of thiazole rings is 1. The van der Waals surface area contributed by atoms with Crippen LogP contribution in [0.5, 0.6) is 0 Å². The fourth-order valence-electron chi connectivity index (χ4n) is 4.32. The SMILES string of the molecule is CC(C)N1CCc2c(sc(NC(=O)c3ccc(S(=O)(=O)N(C)C)cc3)c2-c2nc3ccccc3s2)C1. The Morgan fingerprint density at radius 3 is 2.47 bits per heavy atom. The summed E-state index contributed by atoms with van der Waals surface area (Å²) in [6.45, 7) is 6.23. The molecule has 2 aromatic heterocycles. The fourth-order valence-corrected chi connectivity index (χ4v) is 7.60. The molecule has 0 atom stereocenters. The molecule has 2 aromatic carbocycles. The van der Waals surface area contributed by atoms with E-state index in [1.165, 1.54) is 36.7 Å². The molecule has 1 aliphatic rings. The van der Waals surface area contributed by atoms with E-state index in [9.17, 15) is 13.2 Å². The molecular weight excluding hydrogens is 513 g/mol. The van der Waals surface area contributed by atoms with Crippen molar-refractivity contribution < 1.29 is 13.2 Å². The summed E-state index contributed by atoms with van der Waals surface area (Å²) in [5, 5.41) is 4.82. The van der Waals surface area contributed by atoms with E-state index in [1.807, 2.05) is 18.2 Å². The Kier molecular flexibility index (Phi) is 6.73. The maximum Gasteiger partial charge on any atom is 0.256 e. The molecule has 1 aliphatic heterocycles. The lowest BCUT2D eigenvalue weighted by Gasteiger charge is -2.30. The number of hydrogen-bond donors (Lipinski definition) is 1. The molecule has 188 valence electrons.